The standard InChI is InChI=1S/C18H22N2O.ClH/c1-14-9-11-16(12-10-14)15(2)20(3)18(21)13-19-17-7-5-4-6-8-17;/h4-12,15,19H,13H2,1-3H3;1H. The Hall–Kier alpha value is -2.00. The predicted octanol–water partition coefficient (Wildman–Crippen LogP) is 4.05. The highest BCUT2D eigenvalue weighted by molar-refractivity contribution is 5.85. The summed E-state index contributed by atoms with van der Waals surface area (Å²) in [5.41, 5.74) is 3.34. The third-order valence-corrected chi connectivity index (χ3v) is 3.75. The Morgan fingerprint density at radius 1 is 1.09 bits per heavy atom. The molecule has 0 heterocycles. The molecule has 1 unspecified atom stereocenters. The van der Waals surface area contributed by atoms with Crippen LogP contribution in [0.2, 0.25) is 0 Å². The zero-order chi connectivity index (χ0) is 15.2. The molecule has 0 radical (unpaired) electrons. The molecule has 2 rings (SSSR count). The van der Waals surface area contributed by atoms with Gasteiger partial charge in [0.15, 0.2) is 0 Å². The summed E-state index contributed by atoms with van der Waals surface area (Å²) >= 11 is 0. The first-order valence-electron chi connectivity index (χ1n) is 7.19. The number of likely N-dealkylation sites (N-methyl/N-ethyl adjacent to an activating group) is 1. The van der Waals surface area contributed by atoms with Crippen molar-refractivity contribution in [3.8, 4) is 0 Å². The van der Waals surface area contributed by atoms with E-state index in [1.165, 1.54) is 5.56 Å². The van der Waals surface area contributed by atoms with Crippen LogP contribution in [0.4, 0.5) is 5.69 Å². The molecule has 1 atom stereocenters. The number of para-hydroxylation sites is 1. The second-order valence-corrected chi connectivity index (χ2v) is 5.31. The lowest BCUT2D eigenvalue weighted by Gasteiger charge is -2.25. The predicted molar refractivity (Wildman–Crippen MR) is 94.5 cm³/mol. The molecular formula is C18H23ClN2O. The molecule has 0 aliphatic rings. The molecule has 3 nitrogen and oxygen atoms in total. The third kappa shape index (κ3) is 4.78. The molecule has 0 fully saturated rings. The van der Waals surface area contributed by atoms with Gasteiger partial charge in [0.2, 0.25) is 5.91 Å². The Balaban J connectivity index is 0.00000242. The van der Waals surface area contributed by atoms with Crippen LogP contribution in [-0.4, -0.2) is 24.4 Å². The van der Waals surface area contributed by atoms with E-state index in [1.807, 2.05) is 44.3 Å². The Morgan fingerprint density at radius 3 is 2.27 bits per heavy atom. The number of nitrogens with one attached hydrogen (secondary N) is 1. The SMILES string of the molecule is Cc1ccc(C(C)N(C)C(=O)CNc2ccccc2)cc1.Cl. The number of nitrogens with zero attached hydrogens (tertiary/aromatic N) is 1. The highest BCUT2D eigenvalue weighted by Crippen LogP contribution is 2.19. The lowest BCUT2D eigenvalue weighted by molar-refractivity contribution is -0.129. The monoisotopic (exact) mass is 318 g/mol. The van der Waals surface area contributed by atoms with Crippen molar-refractivity contribution in [3.63, 3.8) is 0 Å². The lowest BCUT2D eigenvalue weighted by Crippen LogP contribution is -2.34. The fourth-order valence-corrected chi connectivity index (χ4v) is 2.14. The second-order valence-electron chi connectivity index (χ2n) is 5.31. The van der Waals surface area contributed by atoms with Crippen molar-refractivity contribution in [3.05, 3.63) is 65.7 Å². The van der Waals surface area contributed by atoms with E-state index < -0.39 is 0 Å². The van der Waals surface area contributed by atoms with Crippen LogP contribution in [0.3, 0.4) is 0 Å². The van der Waals surface area contributed by atoms with Gasteiger partial charge in [-0.05, 0) is 31.5 Å². The van der Waals surface area contributed by atoms with Gasteiger partial charge >= 0.3 is 0 Å². The van der Waals surface area contributed by atoms with Gasteiger partial charge in [-0.1, -0.05) is 48.0 Å². The first-order chi connectivity index (χ1) is 10.1. The average molecular weight is 319 g/mol. The molecule has 4 heteroatoms. The molecule has 2 aromatic carbocycles. The average Bonchev–Trinajstić information content (AvgIpc) is 2.53. The van der Waals surface area contributed by atoms with Gasteiger partial charge in [0.05, 0.1) is 12.6 Å². The Morgan fingerprint density at radius 2 is 1.68 bits per heavy atom. The van der Waals surface area contributed by atoms with Crippen LogP contribution in [-0.2, 0) is 4.79 Å². The summed E-state index contributed by atoms with van der Waals surface area (Å²) in [6, 6.07) is 18.1. The maximum Gasteiger partial charge on any atom is 0.242 e. The van der Waals surface area contributed by atoms with E-state index >= 15 is 0 Å². The van der Waals surface area contributed by atoms with E-state index in [0.29, 0.717) is 6.54 Å². The number of carbonyl (C=O) groups excluding carboxylic acids is 1. The summed E-state index contributed by atoms with van der Waals surface area (Å²) < 4.78 is 0. The van der Waals surface area contributed by atoms with Crippen LogP contribution < -0.4 is 5.32 Å². The minimum Gasteiger partial charge on any atom is -0.376 e. The Kier molecular flexibility index (Phi) is 6.93. The molecule has 1 amide bonds. The van der Waals surface area contributed by atoms with Crippen molar-refractivity contribution in [2.75, 3.05) is 18.9 Å². The van der Waals surface area contributed by atoms with Gasteiger partial charge in [-0.2, -0.15) is 0 Å². The zero-order valence-electron chi connectivity index (χ0n) is 13.2. The van der Waals surface area contributed by atoms with Crippen LogP contribution in [0.1, 0.15) is 24.1 Å². The summed E-state index contributed by atoms with van der Waals surface area (Å²) in [7, 11) is 1.85. The summed E-state index contributed by atoms with van der Waals surface area (Å²) in [6.07, 6.45) is 0. The van der Waals surface area contributed by atoms with Crippen LogP contribution in [0.25, 0.3) is 0 Å². The molecule has 0 saturated heterocycles. The van der Waals surface area contributed by atoms with Gasteiger partial charge in [0, 0.05) is 12.7 Å². The number of amides is 1. The van der Waals surface area contributed by atoms with Crippen molar-refractivity contribution in [2.24, 2.45) is 0 Å². The summed E-state index contributed by atoms with van der Waals surface area (Å²) in [6.45, 7) is 4.41. The van der Waals surface area contributed by atoms with Crippen molar-refractivity contribution < 1.29 is 4.79 Å². The molecule has 2 aromatic rings. The van der Waals surface area contributed by atoms with Gasteiger partial charge in [-0.25, -0.2) is 0 Å². The van der Waals surface area contributed by atoms with Gasteiger partial charge in [-0.15, -0.1) is 12.4 Å². The number of hydrogen-bond acceptors (Lipinski definition) is 2. The van der Waals surface area contributed by atoms with Gasteiger partial charge in [0.25, 0.3) is 0 Å². The molecule has 118 valence electrons. The Labute approximate surface area is 138 Å². The molecule has 1 N–H and O–H groups in total. The molecule has 22 heavy (non-hydrogen) atoms. The van der Waals surface area contributed by atoms with Gasteiger partial charge in [-0.3, -0.25) is 4.79 Å². The third-order valence-electron chi connectivity index (χ3n) is 3.75. The summed E-state index contributed by atoms with van der Waals surface area (Å²) in [5.74, 6) is 0.0759. The van der Waals surface area contributed by atoms with Crippen molar-refractivity contribution in [2.45, 2.75) is 19.9 Å². The zero-order valence-corrected chi connectivity index (χ0v) is 14.1. The van der Waals surface area contributed by atoms with Gasteiger partial charge < -0.3 is 10.2 Å². The fourth-order valence-electron chi connectivity index (χ4n) is 2.14. The maximum atomic E-state index is 12.3. The largest absolute Gasteiger partial charge is 0.376 e. The number of rotatable bonds is 5. The molecule has 0 bridgehead atoms. The fraction of sp³-hybridized carbons (Fsp3) is 0.278. The second kappa shape index (κ2) is 8.44. The molecule has 0 aliphatic heterocycles. The molecule has 0 aromatic heterocycles. The molecule has 0 saturated carbocycles. The van der Waals surface area contributed by atoms with E-state index in [1.54, 1.807) is 4.90 Å². The van der Waals surface area contributed by atoms with Crippen molar-refractivity contribution in [1.82, 2.24) is 4.90 Å². The van der Waals surface area contributed by atoms with Crippen LogP contribution >= 0.6 is 12.4 Å². The van der Waals surface area contributed by atoms with Crippen LogP contribution in [0.5, 0.6) is 0 Å². The first kappa shape index (κ1) is 18.1. The number of carbonyl (C=O) groups is 1. The summed E-state index contributed by atoms with van der Waals surface area (Å²) in [5, 5.41) is 3.15. The number of hydrogen-bond donors (Lipinski definition) is 1. The number of anilines is 1. The molecular weight excluding hydrogens is 296 g/mol. The maximum absolute atomic E-state index is 12.3. The van der Waals surface area contributed by atoms with E-state index in [9.17, 15) is 4.79 Å². The normalized spacial score (nSPS) is 11.2. The topological polar surface area (TPSA) is 32.3 Å². The lowest BCUT2D eigenvalue weighted by atomic mass is 10.1. The number of halogens is 1. The quantitative estimate of drug-likeness (QED) is 0.902. The minimum atomic E-state index is 0. The van der Waals surface area contributed by atoms with E-state index in [4.69, 9.17) is 0 Å². The van der Waals surface area contributed by atoms with E-state index in [-0.39, 0.29) is 24.4 Å². The van der Waals surface area contributed by atoms with Crippen molar-refractivity contribution >= 4 is 24.0 Å². The van der Waals surface area contributed by atoms with E-state index in [0.717, 1.165) is 11.3 Å². The first-order valence-corrected chi connectivity index (χ1v) is 7.19. The number of aryl methyl sites for hydroxylation is 1. The van der Waals surface area contributed by atoms with Crippen molar-refractivity contribution in [1.29, 1.82) is 0 Å². The Bertz CT molecular complexity index is 584. The van der Waals surface area contributed by atoms with Crippen LogP contribution in [0, 0.1) is 6.92 Å². The molecule has 0 aliphatic carbocycles. The minimum absolute atomic E-state index is 0. The number of benzene rings is 2. The molecule has 0 spiro atoms. The van der Waals surface area contributed by atoms with E-state index in [2.05, 4.69) is 36.5 Å². The highest BCUT2D eigenvalue weighted by Gasteiger charge is 2.16. The highest BCUT2D eigenvalue weighted by atomic mass is 35.5. The van der Waals surface area contributed by atoms with Gasteiger partial charge in [0.1, 0.15) is 0 Å². The van der Waals surface area contributed by atoms with Crippen LogP contribution in [0.15, 0.2) is 54.6 Å². The summed E-state index contributed by atoms with van der Waals surface area (Å²) in [4.78, 5) is 14.0. The smallest absolute Gasteiger partial charge is 0.242 e.